The Kier molecular flexibility index (Phi) is 6.71. The molecule has 1 aliphatic carbocycles. The van der Waals surface area contributed by atoms with Crippen LogP contribution in [0.1, 0.15) is 42.0 Å². The first-order chi connectivity index (χ1) is 15.9. The van der Waals surface area contributed by atoms with Crippen molar-refractivity contribution in [2.45, 2.75) is 31.6 Å². The molecule has 4 rings (SSSR count). The Morgan fingerprint density at radius 3 is 2.76 bits per heavy atom. The zero-order valence-corrected chi connectivity index (χ0v) is 19.1. The summed E-state index contributed by atoms with van der Waals surface area (Å²) in [6, 6.07) is 10.1. The molecule has 0 bridgehead atoms. The molecule has 2 aromatic rings. The number of benzene rings is 1. The third kappa shape index (κ3) is 4.60. The van der Waals surface area contributed by atoms with Gasteiger partial charge in [-0.25, -0.2) is 4.79 Å². The number of carbonyl (C=O) groups is 2. The van der Waals surface area contributed by atoms with Crippen molar-refractivity contribution in [3.63, 3.8) is 0 Å². The molecule has 33 heavy (non-hydrogen) atoms. The number of esters is 1. The number of non-ortho nitro benzene ring substituents is 1. The van der Waals surface area contributed by atoms with Crippen LogP contribution in [0.25, 0.3) is 0 Å². The average Bonchev–Trinajstić information content (AvgIpc) is 3.33. The van der Waals surface area contributed by atoms with Crippen LogP contribution in [-0.2, 0) is 19.1 Å². The Morgan fingerprint density at radius 1 is 1.24 bits per heavy atom. The van der Waals surface area contributed by atoms with Crippen molar-refractivity contribution >= 4 is 28.8 Å². The third-order valence-corrected chi connectivity index (χ3v) is 6.96. The molecule has 0 saturated carbocycles. The number of hydrogen-bond acceptors (Lipinski definition) is 8. The maximum absolute atomic E-state index is 13.5. The summed E-state index contributed by atoms with van der Waals surface area (Å²) in [4.78, 5) is 38.6. The third-order valence-electron chi connectivity index (χ3n) is 5.93. The Balaban J connectivity index is 1.79. The van der Waals surface area contributed by atoms with E-state index in [9.17, 15) is 19.7 Å². The van der Waals surface area contributed by atoms with Crippen molar-refractivity contribution < 1.29 is 24.0 Å². The van der Waals surface area contributed by atoms with Gasteiger partial charge in [0.1, 0.15) is 6.61 Å². The van der Waals surface area contributed by atoms with Gasteiger partial charge in [0.05, 0.1) is 17.1 Å². The van der Waals surface area contributed by atoms with Gasteiger partial charge in [0, 0.05) is 59.3 Å². The van der Waals surface area contributed by atoms with E-state index < -0.39 is 16.8 Å². The van der Waals surface area contributed by atoms with Gasteiger partial charge in [-0.2, -0.15) is 0 Å². The Labute approximate surface area is 195 Å². The molecule has 0 unspecified atom stereocenters. The molecule has 0 amide bonds. The Morgan fingerprint density at radius 2 is 2.06 bits per heavy atom. The minimum absolute atomic E-state index is 0.0533. The first-order valence-corrected chi connectivity index (χ1v) is 11.5. The topological polar surface area (TPSA) is 108 Å². The summed E-state index contributed by atoms with van der Waals surface area (Å²) < 4.78 is 10.4. The quantitative estimate of drug-likeness (QED) is 0.281. The molecule has 1 aliphatic heterocycles. The number of nitro benzene ring substituents is 1. The van der Waals surface area contributed by atoms with Crippen molar-refractivity contribution in [2.24, 2.45) is 0 Å². The number of nitrogens with zero attached hydrogens (tertiary/aromatic N) is 1. The zero-order chi connectivity index (χ0) is 23.5. The number of thiophene rings is 1. The fraction of sp³-hybridized carbons (Fsp3) is 0.333. The molecule has 1 aromatic carbocycles. The summed E-state index contributed by atoms with van der Waals surface area (Å²) in [7, 11) is 1.51. The van der Waals surface area contributed by atoms with Gasteiger partial charge in [-0.05, 0) is 30.4 Å². The van der Waals surface area contributed by atoms with E-state index >= 15 is 0 Å². The lowest BCUT2D eigenvalue weighted by Crippen LogP contribution is -2.36. The average molecular weight is 469 g/mol. The monoisotopic (exact) mass is 468 g/mol. The minimum Gasteiger partial charge on any atom is -0.460 e. The van der Waals surface area contributed by atoms with Crippen molar-refractivity contribution in [1.29, 1.82) is 0 Å². The molecule has 8 nitrogen and oxygen atoms in total. The van der Waals surface area contributed by atoms with Gasteiger partial charge in [0.25, 0.3) is 5.69 Å². The van der Waals surface area contributed by atoms with Gasteiger partial charge < -0.3 is 14.8 Å². The maximum Gasteiger partial charge on any atom is 0.336 e. The summed E-state index contributed by atoms with van der Waals surface area (Å²) in [6.45, 7) is 2.07. The SMILES string of the molecule is COCCOC(=O)C1=C(C)NC2=C(C(=O)C[C@@H](c3cccs3)C2)[C@@H]1c1cccc([N+](=O)[O-])c1. The number of Topliss-reactive ketones (excluding diaryl/α,β-unsaturated/α-hetero) is 1. The molecule has 0 fully saturated rings. The second-order valence-corrected chi connectivity index (χ2v) is 8.99. The van der Waals surface area contributed by atoms with Gasteiger partial charge in [0.2, 0.25) is 0 Å². The summed E-state index contributed by atoms with van der Waals surface area (Å²) in [5, 5.41) is 16.7. The lowest BCUT2D eigenvalue weighted by molar-refractivity contribution is -0.384. The highest BCUT2D eigenvalue weighted by Gasteiger charge is 2.41. The molecule has 0 radical (unpaired) electrons. The van der Waals surface area contributed by atoms with Gasteiger partial charge in [-0.1, -0.05) is 18.2 Å². The van der Waals surface area contributed by atoms with E-state index in [2.05, 4.69) is 5.32 Å². The first-order valence-electron chi connectivity index (χ1n) is 10.6. The van der Waals surface area contributed by atoms with Gasteiger partial charge in [0.15, 0.2) is 5.78 Å². The fourth-order valence-electron chi connectivity index (χ4n) is 4.48. The molecular formula is C24H24N2O6S. The molecule has 0 saturated heterocycles. The van der Waals surface area contributed by atoms with Crippen LogP contribution in [0, 0.1) is 10.1 Å². The van der Waals surface area contributed by atoms with Crippen LogP contribution in [0.2, 0.25) is 0 Å². The second-order valence-electron chi connectivity index (χ2n) is 8.01. The first kappa shape index (κ1) is 22.9. The van der Waals surface area contributed by atoms with E-state index in [4.69, 9.17) is 9.47 Å². The Bertz CT molecular complexity index is 1150. The molecule has 2 aliphatic rings. The minimum atomic E-state index is -0.743. The normalized spacial score (nSPS) is 20.4. The van der Waals surface area contributed by atoms with Gasteiger partial charge in [-0.15, -0.1) is 11.3 Å². The number of ketones is 1. The van der Waals surface area contributed by atoms with Gasteiger partial charge in [-0.3, -0.25) is 14.9 Å². The van der Waals surface area contributed by atoms with Crippen LogP contribution < -0.4 is 5.32 Å². The maximum atomic E-state index is 13.5. The van der Waals surface area contributed by atoms with E-state index in [0.29, 0.717) is 29.7 Å². The van der Waals surface area contributed by atoms with E-state index in [1.54, 1.807) is 30.4 Å². The van der Waals surface area contributed by atoms with E-state index in [-0.39, 0.29) is 36.2 Å². The summed E-state index contributed by atoms with van der Waals surface area (Å²) >= 11 is 1.62. The highest BCUT2D eigenvalue weighted by molar-refractivity contribution is 7.10. The Hall–Kier alpha value is -3.30. The molecule has 2 atom stereocenters. The summed E-state index contributed by atoms with van der Waals surface area (Å²) in [5.41, 5.74) is 2.51. The molecular weight excluding hydrogens is 444 g/mol. The van der Waals surface area contributed by atoms with Crippen LogP contribution >= 0.6 is 11.3 Å². The zero-order valence-electron chi connectivity index (χ0n) is 18.3. The molecule has 1 aromatic heterocycles. The number of methoxy groups -OCH3 is 1. The molecule has 2 heterocycles. The van der Waals surface area contributed by atoms with Crippen molar-refractivity contribution in [1.82, 2.24) is 5.32 Å². The highest BCUT2D eigenvalue weighted by Crippen LogP contribution is 2.46. The number of ether oxygens (including phenoxy) is 2. The lowest BCUT2D eigenvalue weighted by Gasteiger charge is -2.36. The van der Waals surface area contributed by atoms with Crippen molar-refractivity contribution in [3.05, 3.63) is 84.9 Å². The second kappa shape index (κ2) is 9.68. The number of allylic oxidation sites excluding steroid dienone is 3. The fourth-order valence-corrected chi connectivity index (χ4v) is 5.31. The van der Waals surface area contributed by atoms with Crippen LogP contribution in [0.5, 0.6) is 0 Å². The smallest absolute Gasteiger partial charge is 0.336 e. The number of hydrogen-bond donors (Lipinski definition) is 1. The highest BCUT2D eigenvalue weighted by atomic mass is 32.1. The summed E-state index contributed by atoms with van der Waals surface area (Å²) in [6.07, 6.45) is 0.938. The van der Waals surface area contributed by atoms with E-state index in [1.807, 2.05) is 17.5 Å². The number of nitrogens with one attached hydrogen (secondary N) is 1. The largest absolute Gasteiger partial charge is 0.460 e. The lowest BCUT2D eigenvalue weighted by atomic mass is 9.72. The van der Waals surface area contributed by atoms with Crippen molar-refractivity contribution in [3.8, 4) is 0 Å². The predicted octanol–water partition coefficient (Wildman–Crippen LogP) is 4.21. The molecule has 0 spiro atoms. The van der Waals surface area contributed by atoms with Crippen LogP contribution in [0.4, 0.5) is 5.69 Å². The number of carbonyl (C=O) groups excluding carboxylic acids is 2. The van der Waals surface area contributed by atoms with Crippen molar-refractivity contribution in [2.75, 3.05) is 20.3 Å². The molecule has 1 N–H and O–H groups in total. The predicted molar refractivity (Wildman–Crippen MR) is 123 cm³/mol. The molecule has 172 valence electrons. The number of nitro groups is 1. The standard InChI is InChI=1S/C24H24N2O6S/c1-14-21(24(28)32-9-8-31-2)22(15-5-3-6-17(11-15)26(29)30)23-18(25-14)12-16(13-19(23)27)20-7-4-10-33-20/h3-7,10-11,16,22,25H,8-9,12-13H2,1-2H3/t16-,22+/m0/s1. The van der Waals surface area contributed by atoms with Gasteiger partial charge >= 0.3 is 5.97 Å². The number of rotatable bonds is 7. The van der Waals surface area contributed by atoms with E-state index in [1.165, 1.54) is 19.2 Å². The van der Waals surface area contributed by atoms with Crippen LogP contribution in [-0.4, -0.2) is 37.0 Å². The van der Waals surface area contributed by atoms with Crippen LogP contribution in [0.15, 0.2) is 64.3 Å². The summed E-state index contributed by atoms with van der Waals surface area (Å²) in [5.74, 6) is -1.34. The molecule has 9 heteroatoms. The van der Waals surface area contributed by atoms with E-state index in [0.717, 1.165) is 10.6 Å². The van der Waals surface area contributed by atoms with Crippen LogP contribution in [0.3, 0.4) is 0 Å². The number of dihydropyridines is 1.